The summed E-state index contributed by atoms with van der Waals surface area (Å²) in [4.78, 5) is 115. The molecule has 25 heteroatoms. The van der Waals surface area contributed by atoms with Crippen molar-refractivity contribution in [2.24, 2.45) is 11.6 Å². The molecule has 0 rings (SSSR count). The molecule has 6 amide bonds. The second-order valence-corrected chi connectivity index (χ2v) is 18.8. The van der Waals surface area contributed by atoms with E-state index in [0.717, 1.165) is 64.2 Å². The maximum Gasteiger partial charge on any atom is 0.407 e. The third kappa shape index (κ3) is 43.7. The highest BCUT2D eigenvalue weighted by Gasteiger charge is 2.34. The van der Waals surface area contributed by atoms with E-state index >= 15 is 0 Å². The Hall–Kier alpha value is -4.06. The van der Waals surface area contributed by atoms with Gasteiger partial charge in [0.25, 0.3) is 5.91 Å². The molecule has 0 saturated carbocycles. The fraction of sp³-hybridized carbons (Fsp3) is 0.795. The predicted molar refractivity (Wildman–Crippen MR) is 255 cm³/mol. The lowest BCUT2D eigenvalue weighted by Gasteiger charge is -2.34. The molecular formula is C44H76Cl3N7O15. The van der Waals surface area contributed by atoms with Crippen molar-refractivity contribution < 1.29 is 71.8 Å². The van der Waals surface area contributed by atoms with Gasteiger partial charge in [-0.05, 0) is 38.5 Å². The van der Waals surface area contributed by atoms with E-state index in [1.807, 2.05) is 5.48 Å². The molecule has 0 saturated heterocycles. The van der Waals surface area contributed by atoms with Crippen LogP contribution < -0.4 is 38.4 Å². The molecule has 0 aliphatic carbocycles. The molecule has 9 N–H and O–H groups in total. The number of aldehydes is 1. The maximum atomic E-state index is 13.4. The first-order chi connectivity index (χ1) is 33.0. The summed E-state index contributed by atoms with van der Waals surface area (Å²) >= 11 is 16.7. The number of alkyl carbamates (subject to hydrolysis) is 1. The van der Waals surface area contributed by atoms with Gasteiger partial charge in [-0.25, -0.2) is 9.59 Å². The van der Waals surface area contributed by atoms with Gasteiger partial charge in [0.2, 0.25) is 27.4 Å². The van der Waals surface area contributed by atoms with Crippen LogP contribution in [0.25, 0.3) is 0 Å². The summed E-state index contributed by atoms with van der Waals surface area (Å²) in [6, 6.07) is 0. The van der Waals surface area contributed by atoms with Crippen molar-refractivity contribution in [3.8, 4) is 0 Å². The van der Waals surface area contributed by atoms with Gasteiger partial charge in [-0.2, -0.15) is 11.4 Å². The fourth-order valence-corrected chi connectivity index (χ4v) is 6.34. The largest absolute Gasteiger partial charge is 0.445 e. The summed E-state index contributed by atoms with van der Waals surface area (Å²) in [6.07, 6.45) is 11.6. The van der Waals surface area contributed by atoms with Crippen molar-refractivity contribution in [3.63, 3.8) is 0 Å². The number of ether oxygens (including phenoxy) is 4. The van der Waals surface area contributed by atoms with Crippen LogP contribution in [0.3, 0.4) is 0 Å². The lowest BCUT2D eigenvalue weighted by Crippen LogP contribution is -2.58. The molecule has 0 aliphatic heterocycles. The SMILES string of the molecule is NOC(=O)CCCCCCCNC(=O)CCOCC(COCCC(N)=O)(COCCC(=O)NCCCCCCCC(=O)ONC(=O)CCC=O)NC(=O)CCCCCCCNC(=O)OCC(Cl)(Cl)Cl. The van der Waals surface area contributed by atoms with Crippen molar-refractivity contribution in [1.82, 2.24) is 26.7 Å². The highest BCUT2D eigenvalue weighted by molar-refractivity contribution is 6.67. The Bertz CT molecular complexity index is 1500. The molecule has 0 aliphatic rings. The number of primary amides is 1. The second kappa shape index (κ2) is 42.8. The van der Waals surface area contributed by atoms with Gasteiger partial charge >= 0.3 is 18.0 Å². The van der Waals surface area contributed by atoms with Gasteiger partial charge in [-0.3, -0.25) is 28.8 Å². The van der Waals surface area contributed by atoms with Crippen LogP contribution in [0.2, 0.25) is 0 Å². The molecule has 1 atom stereocenters. The fourth-order valence-electron chi connectivity index (χ4n) is 6.17. The van der Waals surface area contributed by atoms with Crippen LogP contribution in [0.4, 0.5) is 4.79 Å². The highest BCUT2D eigenvalue weighted by Crippen LogP contribution is 2.25. The molecule has 69 heavy (non-hydrogen) atoms. The molecule has 0 fully saturated rings. The lowest BCUT2D eigenvalue weighted by molar-refractivity contribution is -0.158. The number of rotatable bonds is 44. The maximum absolute atomic E-state index is 13.4. The van der Waals surface area contributed by atoms with Crippen molar-refractivity contribution in [3.05, 3.63) is 0 Å². The Morgan fingerprint density at radius 3 is 1.42 bits per heavy atom. The van der Waals surface area contributed by atoms with Crippen LogP contribution >= 0.6 is 34.8 Å². The van der Waals surface area contributed by atoms with Crippen LogP contribution in [0.15, 0.2) is 0 Å². The zero-order valence-corrected chi connectivity index (χ0v) is 42.1. The smallest absolute Gasteiger partial charge is 0.407 e. The van der Waals surface area contributed by atoms with E-state index < -0.39 is 39.2 Å². The summed E-state index contributed by atoms with van der Waals surface area (Å²) in [5, 5.41) is 11.3. The number of hydrogen-bond donors (Lipinski definition) is 7. The molecule has 1 unspecified atom stereocenters. The van der Waals surface area contributed by atoms with Crippen molar-refractivity contribution >= 4 is 88.7 Å². The normalized spacial score (nSPS) is 11.9. The molecule has 0 aromatic heterocycles. The van der Waals surface area contributed by atoms with Crippen LogP contribution in [0, 0.1) is 0 Å². The number of unbranched alkanes of at least 4 members (excludes halogenated alkanes) is 12. The summed E-state index contributed by atoms with van der Waals surface area (Å²) < 4.78 is 20.8. The van der Waals surface area contributed by atoms with E-state index in [2.05, 4.69) is 30.9 Å². The standard InChI is InChI=1S/C44H76Cl3N7O15/c45-44(46,47)34-67-42(63)52-26-15-9-1-4-10-17-38(59)53-43(31-64-28-21-35(48)56,32-65-29-22-36(57)50-24-13-7-2-5-11-19-40(61)68-49)33-66-30-23-37(58)51-25-14-8-3-6-12-20-41(62)69-54-39(60)18-16-27-55/h27H,1-26,28-34,49H2,(H2,48,56)(H,50,57)(H,51,58)(H,52,63)(H,53,59)(H,54,60). The topological polar surface area (TPSA) is 321 Å². The van der Waals surface area contributed by atoms with Crippen LogP contribution in [-0.2, 0) is 67.0 Å². The van der Waals surface area contributed by atoms with Crippen LogP contribution in [0.1, 0.15) is 148 Å². The number of amides is 6. The van der Waals surface area contributed by atoms with E-state index in [1.54, 1.807) is 0 Å². The van der Waals surface area contributed by atoms with Gasteiger partial charge in [0.05, 0.1) is 39.6 Å². The van der Waals surface area contributed by atoms with E-state index in [4.69, 9.17) is 65.4 Å². The average Bonchev–Trinajstić information content (AvgIpc) is 3.30. The molecule has 0 aromatic carbocycles. The third-order valence-electron chi connectivity index (χ3n) is 9.86. The highest BCUT2D eigenvalue weighted by atomic mass is 35.6. The number of hydrogen-bond acceptors (Lipinski definition) is 16. The minimum absolute atomic E-state index is 0.000507. The number of carbonyl (C=O) groups excluding carboxylic acids is 9. The van der Waals surface area contributed by atoms with Gasteiger partial charge in [0, 0.05) is 71.0 Å². The summed E-state index contributed by atoms with van der Waals surface area (Å²) in [7, 11) is 0. The van der Waals surface area contributed by atoms with Crippen molar-refractivity contribution in [1.29, 1.82) is 0 Å². The van der Waals surface area contributed by atoms with Crippen molar-refractivity contribution in [2.45, 2.75) is 157 Å². The number of carbonyl (C=O) groups is 9. The molecule has 0 heterocycles. The number of nitrogens with two attached hydrogens (primary N) is 2. The van der Waals surface area contributed by atoms with E-state index in [1.165, 1.54) is 0 Å². The van der Waals surface area contributed by atoms with Crippen LogP contribution in [0.5, 0.6) is 0 Å². The minimum Gasteiger partial charge on any atom is -0.445 e. The minimum atomic E-state index is -1.70. The number of nitrogens with one attached hydrogen (secondary N) is 5. The van der Waals surface area contributed by atoms with E-state index in [0.29, 0.717) is 58.0 Å². The van der Waals surface area contributed by atoms with Gasteiger partial charge in [-0.15, -0.1) is 0 Å². The summed E-state index contributed by atoms with van der Waals surface area (Å²) in [5.74, 6) is 1.93. The van der Waals surface area contributed by atoms with Gasteiger partial charge in [0.15, 0.2) is 0 Å². The summed E-state index contributed by atoms with van der Waals surface area (Å²) in [5.41, 5.74) is 6.06. The van der Waals surface area contributed by atoms with Crippen molar-refractivity contribution in [2.75, 3.05) is 65.9 Å². The second-order valence-electron chi connectivity index (χ2n) is 16.3. The van der Waals surface area contributed by atoms with E-state index in [9.17, 15) is 43.2 Å². The third-order valence-corrected chi connectivity index (χ3v) is 10.2. The average molecular weight is 1050 g/mol. The molecular weight excluding hydrogens is 973 g/mol. The predicted octanol–water partition coefficient (Wildman–Crippen LogP) is 3.87. The molecule has 0 spiro atoms. The Labute approximate surface area is 420 Å². The quantitative estimate of drug-likeness (QED) is 0.0197. The molecule has 0 bridgehead atoms. The number of alkyl halides is 3. The Morgan fingerprint density at radius 2 is 0.942 bits per heavy atom. The molecule has 398 valence electrons. The molecule has 0 radical (unpaired) electrons. The van der Waals surface area contributed by atoms with Crippen LogP contribution in [-0.4, -0.2) is 129 Å². The first-order valence-electron chi connectivity index (χ1n) is 23.7. The molecule has 0 aromatic rings. The van der Waals surface area contributed by atoms with E-state index in [-0.39, 0.29) is 115 Å². The number of halogens is 3. The Balaban J connectivity index is 5.11. The first kappa shape index (κ1) is 64.9. The lowest BCUT2D eigenvalue weighted by atomic mass is 10.0. The zero-order chi connectivity index (χ0) is 51.4. The monoisotopic (exact) mass is 1050 g/mol. The Kier molecular flexibility index (Phi) is 40.3. The summed E-state index contributed by atoms with van der Waals surface area (Å²) in [6.45, 7) is 0.489. The zero-order valence-electron chi connectivity index (χ0n) is 39.8. The molecule has 22 nitrogen and oxygen atoms in total. The van der Waals surface area contributed by atoms with Gasteiger partial charge in [0.1, 0.15) is 18.4 Å². The first-order valence-corrected chi connectivity index (χ1v) is 24.8. The van der Waals surface area contributed by atoms with Gasteiger partial charge in [-0.1, -0.05) is 92.6 Å². The van der Waals surface area contributed by atoms with Gasteiger partial charge < -0.3 is 60.4 Å². The Morgan fingerprint density at radius 1 is 0.493 bits per heavy atom. The number of hydroxylamine groups is 1.